The molecule has 2 atom stereocenters. The van der Waals surface area contributed by atoms with E-state index in [-0.39, 0.29) is 29.9 Å². The summed E-state index contributed by atoms with van der Waals surface area (Å²) < 4.78 is 38.4. The molecule has 6 nitrogen and oxygen atoms in total. The van der Waals surface area contributed by atoms with E-state index in [0.717, 1.165) is 36.2 Å². The van der Waals surface area contributed by atoms with Gasteiger partial charge in [-0.05, 0) is 36.1 Å². The quantitative estimate of drug-likeness (QED) is 0.902. The lowest BCUT2D eigenvalue weighted by molar-refractivity contribution is -0.137. The minimum atomic E-state index is -4.44. The van der Waals surface area contributed by atoms with Crippen molar-refractivity contribution >= 4 is 5.91 Å². The minimum Gasteiger partial charge on any atom is -0.351 e. The number of nitrogens with zero attached hydrogens (tertiary/aromatic N) is 4. The summed E-state index contributed by atoms with van der Waals surface area (Å²) in [4.78, 5) is 13.3. The number of carbonyl (C=O) groups excluding carboxylic acids is 1. The zero-order chi connectivity index (χ0) is 18.7. The number of nitrogens with one attached hydrogen (secondary N) is 1. The summed E-state index contributed by atoms with van der Waals surface area (Å²) >= 11 is 0. The summed E-state index contributed by atoms with van der Waals surface area (Å²) in [7, 11) is 0. The lowest BCUT2D eigenvalue weighted by Crippen LogP contribution is -2.42. The number of aromatic nitrogens is 4. The Morgan fingerprint density at radius 2 is 2.08 bits per heavy atom. The number of alkyl halides is 3. The second-order valence-electron chi connectivity index (χ2n) is 6.66. The zero-order valence-corrected chi connectivity index (χ0v) is 14.3. The van der Waals surface area contributed by atoms with Crippen molar-refractivity contribution in [1.82, 2.24) is 25.5 Å². The van der Waals surface area contributed by atoms with Crippen LogP contribution in [0.25, 0.3) is 11.4 Å². The summed E-state index contributed by atoms with van der Waals surface area (Å²) in [5.74, 6) is 0.253. The van der Waals surface area contributed by atoms with Crippen LogP contribution in [0.4, 0.5) is 13.2 Å². The number of amides is 1. The van der Waals surface area contributed by atoms with Crippen molar-refractivity contribution in [2.24, 2.45) is 5.92 Å². The third-order valence-electron chi connectivity index (χ3n) is 4.64. The Kier molecular flexibility index (Phi) is 5.24. The number of benzene rings is 1. The average molecular weight is 367 g/mol. The van der Waals surface area contributed by atoms with Crippen LogP contribution in [0.2, 0.25) is 0 Å². The molecule has 1 amide bonds. The van der Waals surface area contributed by atoms with Crippen LogP contribution in [-0.4, -0.2) is 32.2 Å². The minimum absolute atomic E-state index is 0.0509. The van der Waals surface area contributed by atoms with Crippen molar-refractivity contribution in [3.8, 4) is 11.4 Å². The fraction of sp³-hybridized carbons (Fsp3) is 0.529. The molecule has 9 heteroatoms. The first-order valence-electron chi connectivity index (χ1n) is 8.58. The van der Waals surface area contributed by atoms with Crippen LogP contribution in [0.15, 0.2) is 24.3 Å². The summed E-state index contributed by atoms with van der Waals surface area (Å²) in [5, 5.41) is 14.5. The zero-order valence-electron chi connectivity index (χ0n) is 14.3. The third-order valence-corrected chi connectivity index (χ3v) is 4.64. The van der Waals surface area contributed by atoms with E-state index in [1.807, 2.05) is 0 Å². The van der Waals surface area contributed by atoms with Gasteiger partial charge >= 0.3 is 6.18 Å². The van der Waals surface area contributed by atoms with E-state index < -0.39 is 11.7 Å². The van der Waals surface area contributed by atoms with Crippen molar-refractivity contribution in [1.29, 1.82) is 0 Å². The topological polar surface area (TPSA) is 72.7 Å². The Morgan fingerprint density at radius 3 is 2.81 bits per heavy atom. The molecule has 0 bridgehead atoms. The van der Waals surface area contributed by atoms with Gasteiger partial charge in [-0.15, -0.1) is 10.2 Å². The predicted molar refractivity (Wildman–Crippen MR) is 87.8 cm³/mol. The number of hydrogen-bond donors (Lipinski definition) is 1. The van der Waals surface area contributed by atoms with E-state index in [0.29, 0.717) is 5.92 Å². The molecule has 3 rings (SSSR count). The van der Waals surface area contributed by atoms with E-state index >= 15 is 0 Å². The standard InChI is InChI=1S/C17H20F3N5O/c1-11-5-2-3-8-14(11)21-15(26)10-25-23-16(22-24-25)12-6-4-7-13(9-12)17(18,19)20/h4,6-7,9,11,14H,2-3,5,8,10H2,1H3,(H,21,26)/t11-,14-/m0/s1. The maximum Gasteiger partial charge on any atom is 0.416 e. The first-order valence-corrected chi connectivity index (χ1v) is 8.58. The molecule has 0 saturated heterocycles. The molecule has 1 aliphatic rings. The van der Waals surface area contributed by atoms with Crippen LogP contribution < -0.4 is 5.32 Å². The molecule has 1 aliphatic carbocycles. The molecule has 1 heterocycles. The highest BCUT2D eigenvalue weighted by Gasteiger charge is 2.30. The number of halogens is 3. The lowest BCUT2D eigenvalue weighted by atomic mass is 9.86. The summed E-state index contributed by atoms with van der Waals surface area (Å²) in [6.07, 6.45) is -0.128. The largest absolute Gasteiger partial charge is 0.416 e. The van der Waals surface area contributed by atoms with Crippen LogP contribution >= 0.6 is 0 Å². The Bertz CT molecular complexity index is 774. The predicted octanol–water partition coefficient (Wildman–Crippen LogP) is 3.05. The molecule has 0 spiro atoms. The van der Waals surface area contributed by atoms with Gasteiger partial charge in [0.15, 0.2) is 0 Å². The fourth-order valence-corrected chi connectivity index (χ4v) is 3.17. The number of tetrazole rings is 1. The molecule has 26 heavy (non-hydrogen) atoms. The monoisotopic (exact) mass is 367 g/mol. The molecular weight excluding hydrogens is 347 g/mol. The molecule has 1 aromatic carbocycles. The van der Waals surface area contributed by atoms with E-state index in [2.05, 4.69) is 27.7 Å². The average Bonchev–Trinajstić information content (AvgIpc) is 3.05. The van der Waals surface area contributed by atoms with E-state index in [1.165, 1.54) is 18.6 Å². The van der Waals surface area contributed by atoms with Gasteiger partial charge in [-0.3, -0.25) is 4.79 Å². The van der Waals surface area contributed by atoms with Gasteiger partial charge < -0.3 is 5.32 Å². The first kappa shape index (κ1) is 18.3. The Labute approximate surface area is 148 Å². The van der Waals surface area contributed by atoms with Gasteiger partial charge in [0.05, 0.1) is 5.56 Å². The van der Waals surface area contributed by atoms with Crippen LogP contribution in [-0.2, 0) is 17.5 Å². The van der Waals surface area contributed by atoms with Crippen LogP contribution in [0.5, 0.6) is 0 Å². The van der Waals surface area contributed by atoms with Gasteiger partial charge in [-0.2, -0.15) is 18.0 Å². The van der Waals surface area contributed by atoms with Crippen LogP contribution in [0, 0.1) is 5.92 Å². The maximum atomic E-state index is 12.8. The second kappa shape index (κ2) is 7.43. The highest BCUT2D eigenvalue weighted by Crippen LogP contribution is 2.31. The van der Waals surface area contributed by atoms with Crippen molar-refractivity contribution in [2.45, 2.75) is 51.4 Å². The lowest BCUT2D eigenvalue weighted by Gasteiger charge is -2.29. The van der Waals surface area contributed by atoms with Gasteiger partial charge in [0, 0.05) is 11.6 Å². The maximum absolute atomic E-state index is 12.8. The van der Waals surface area contributed by atoms with Crippen molar-refractivity contribution < 1.29 is 18.0 Å². The molecule has 2 aromatic rings. The smallest absolute Gasteiger partial charge is 0.351 e. The van der Waals surface area contributed by atoms with Gasteiger partial charge in [-0.1, -0.05) is 31.9 Å². The molecular formula is C17H20F3N5O. The van der Waals surface area contributed by atoms with Crippen molar-refractivity contribution in [3.05, 3.63) is 29.8 Å². The second-order valence-corrected chi connectivity index (χ2v) is 6.66. The summed E-state index contributed by atoms with van der Waals surface area (Å²) in [6.45, 7) is 2.00. The molecule has 1 aromatic heterocycles. The first-order chi connectivity index (χ1) is 12.3. The molecule has 1 saturated carbocycles. The van der Waals surface area contributed by atoms with E-state index in [4.69, 9.17) is 0 Å². The molecule has 140 valence electrons. The van der Waals surface area contributed by atoms with Gasteiger partial charge in [0.25, 0.3) is 0 Å². The Balaban J connectivity index is 1.65. The van der Waals surface area contributed by atoms with Gasteiger partial charge in [0.2, 0.25) is 11.7 Å². The molecule has 1 N–H and O–H groups in total. The normalized spacial score (nSPS) is 20.8. The SMILES string of the molecule is C[C@H]1CCCC[C@@H]1NC(=O)Cn1nnc(-c2cccc(C(F)(F)F)c2)n1. The molecule has 1 fully saturated rings. The number of rotatable bonds is 4. The Hall–Kier alpha value is -2.45. The van der Waals surface area contributed by atoms with Crippen molar-refractivity contribution in [2.75, 3.05) is 0 Å². The van der Waals surface area contributed by atoms with Gasteiger partial charge in [-0.25, -0.2) is 0 Å². The molecule has 0 aliphatic heterocycles. The van der Waals surface area contributed by atoms with Crippen LogP contribution in [0.3, 0.4) is 0 Å². The van der Waals surface area contributed by atoms with Gasteiger partial charge in [0.1, 0.15) is 6.54 Å². The van der Waals surface area contributed by atoms with E-state index in [9.17, 15) is 18.0 Å². The number of carbonyl (C=O) groups is 1. The molecule has 0 unspecified atom stereocenters. The Morgan fingerprint density at radius 1 is 1.31 bits per heavy atom. The third kappa shape index (κ3) is 4.39. The molecule has 0 radical (unpaired) electrons. The highest BCUT2D eigenvalue weighted by molar-refractivity contribution is 5.75. The fourth-order valence-electron chi connectivity index (χ4n) is 3.17. The van der Waals surface area contributed by atoms with Crippen LogP contribution in [0.1, 0.15) is 38.2 Å². The highest BCUT2D eigenvalue weighted by atomic mass is 19.4. The number of hydrogen-bond acceptors (Lipinski definition) is 4. The van der Waals surface area contributed by atoms with E-state index in [1.54, 1.807) is 0 Å². The summed E-state index contributed by atoms with van der Waals surface area (Å²) in [5.41, 5.74) is -0.581. The summed E-state index contributed by atoms with van der Waals surface area (Å²) in [6, 6.07) is 4.84. The van der Waals surface area contributed by atoms with Crippen molar-refractivity contribution in [3.63, 3.8) is 0 Å².